The molecule has 8 nitrogen and oxygen atoms in total. The number of ether oxygens (including phenoxy) is 2. The van der Waals surface area contributed by atoms with Crippen LogP contribution >= 0.6 is 0 Å². The smallest absolute Gasteiger partial charge is 0.355 e. The molecule has 0 spiro atoms. The molecule has 1 aromatic carbocycles. The first-order chi connectivity index (χ1) is 13.4. The first kappa shape index (κ1) is 19.6. The van der Waals surface area contributed by atoms with Gasteiger partial charge in [-0.2, -0.15) is 0 Å². The van der Waals surface area contributed by atoms with Gasteiger partial charge in [-0.1, -0.05) is 0 Å². The highest BCUT2D eigenvalue weighted by Crippen LogP contribution is 2.19. The summed E-state index contributed by atoms with van der Waals surface area (Å²) in [5, 5.41) is 2.73. The lowest BCUT2D eigenvalue weighted by Gasteiger charge is -2.28. The maximum atomic E-state index is 12.3. The average Bonchev–Trinajstić information content (AvgIpc) is 3.20. The zero-order valence-electron chi connectivity index (χ0n) is 15.9. The van der Waals surface area contributed by atoms with Crippen molar-refractivity contribution in [1.82, 2.24) is 4.98 Å². The van der Waals surface area contributed by atoms with Gasteiger partial charge in [0.15, 0.2) is 11.9 Å². The number of aromatic nitrogens is 1. The number of morpholine rings is 1. The average molecular weight is 385 g/mol. The van der Waals surface area contributed by atoms with Crippen molar-refractivity contribution < 1.29 is 23.9 Å². The lowest BCUT2D eigenvalue weighted by molar-refractivity contribution is -0.123. The van der Waals surface area contributed by atoms with Crippen molar-refractivity contribution in [3.8, 4) is 0 Å². The number of ketones is 1. The van der Waals surface area contributed by atoms with Crippen LogP contribution in [0.25, 0.3) is 0 Å². The molecular formula is C20H23N3O5. The van der Waals surface area contributed by atoms with E-state index in [1.54, 1.807) is 12.1 Å². The van der Waals surface area contributed by atoms with Crippen LogP contribution in [-0.2, 0) is 14.3 Å². The van der Waals surface area contributed by atoms with Gasteiger partial charge in [0.1, 0.15) is 5.69 Å². The number of rotatable bonds is 6. The number of carbonyl (C=O) groups excluding carboxylic acids is 3. The number of nitrogens with one attached hydrogen (secondary N) is 2. The van der Waals surface area contributed by atoms with E-state index in [2.05, 4.69) is 15.2 Å². The summed E-state index contributed by atoms with van der Waals surface area (Å²) in [4.78, 5) is 40.6. The molecule has 0 bridgehead atoms. The first-order valence-corrected chi connectivity index (χ1v) is 9.08. The fraction of sp³-hybridized carbons (Fsp3) is 0.350. The molecular weight excluding hydrogens is 362 g/mol. The number of hydrogen-bond donors (Lipinski definition) is 2. The molecule has 2 N–H and O–H groups in total. The van der Waals surface area contributed by atoms with Crippen LogP contribution < -0.4 is 10.2 Å². The predicted octanol–water partition coefficient (Wildman–Crippen LogP) is 2.24. The summed E-state index contributed by atoms with van der Waals surface area (Å²) in [5.41, 5.74) is 2.18. The van der Waals surface area contributed by atoms with Gasteiger partial charge in [-0.3, -0.25) is 9.59 Å². The Morgan fingerprint density at radius 3 is 2.46 bits per heavy atom. The van der Waals surface area contributed by atoms with E-state index in [-0.39, 0.29) is 11.5 Å². The maximum Gasteiger partial charge on any atom is 0.355 e. The molecule has 0 aliphatic carbocycles. The Balaban J connectivity index is 1.54. The van der Waals surface area contributed by atoms with E-state index in [4.69, 9.17) is 9.47 Å². The molecule has 8 heteroatoms. The van der Waals surface area contributed by atoms with E-state index < -0.39 is 18.0 Å². The molecule has 1 fully saturated rings. The fourth-order valence-electron chi connectivity index (χ4n) is 2.81. The second-order valence-electron chi connectivity index (χ2n) is 6.54. The number of carbonyl (C=O) groups is 3. The Hall–Kier alpha value is -3.13. The number of nitrogens with zero attached hydrogens (tertiary/aromatic N) is 1. The minimum Gasteiger partial charge on any atom is -0.448 e. The summed E-state index contributed by atoms with van der Waals surface area (Å²) in [6.45, 7) is 5.97. The Labute approximate surface area is 162 Å². The van der Waals surface area contributed by atoms with E-state index in [9.17, 15) is 14.4 Å². The Kier molecular flexibility index (Phi) is 6.10. The van der Waals surface area contributed by atoms with Gasteiger partial charge in [-0.05, 0) is 44.2 Å². The van der Waals surface area contributed by atoms with E-state index in [0.29, 0.717) is 24.5 Å². The minimum atomic E-state index is -0.990. The Bertz CT molecular complexity index is 853. The molecule has 1 amide bonds. The third-order valence-corrected chi connectivity index (χ3v) is 4.47. The number of benzene rings is 1. The third kappa shape index (κ3) is 4.77. The number of esters is 1. The second kappa shape index (κ2) is 8.71. The summed E-state index contributed by atoms with van der Waals surface area (Å²) in [6, 6.07) is 8.88. The summed E-state index contributed by atoms with van der Waals surface area (Å²) < 4.78 is 10.5. The monoisotopic (exact) mass is 385 g/mol. The Morgan fingerprint density at radius 2 is 1.86 bits per heavy atom. The van der Waals surface area contributed by atoms with Gasteiger partial charge in [0, 0.05) is 36.2 Å². The standard InChI is InChI=1S/C20H23N3O5/c1-13(24)15-11-18(21-12-15)20(26)28-14(2)19(25)22-16-3-5-17(6-4-16)23-7-9-27-10-8-23/h3-6,11-12,14,21H,7-10H2,1-2H3,(H,22,25)/t14-/m0/s1. The molecule has 0 saturated carbocycles. The number of hydrogen-bond acceptors (Lipinski definition) is 6. The van der Waals surface area contributed by atoms with E-state index in [1.807, 2.05) is 12.1 Å². The Morgan fingerprint density at radius 1 is 1.18 bits per heavy atom. The number of aromatic amines is 1. The molecule has 2 aromatic rings. The number of H-pyrrole nitrogens is 1. The van der Waals surface area contributed by atoms with Gasteiger partial charge >= 0.3 is 5.97 Å². The SMILES string of the molecule is CC(=O)c1c[nH]c(C(=O)O[C@@H](C)C(=O)Nc2ccc(N3CCOCC3)cc2)c1. The molecule has 1 saturated heterocycles. The van der Waals surface area contributed by atoms with Crippen molar-refractivity contribution >= 4 is 29.0 Å². The summed E-state index contributed by atoms with van der Waals surface area (Å²) in [6.07, 6.45) is 0.440. The fourth-order valence-corrected chi connectivity index (χ4v) is 2.81. The predicted molar refractivity (Wildman–Crippen MR) is 104 cm³/mol. The van der Waals surface area contributed by atoms with Crippen LogP contribution in [0.2, 0.25) is 0 Å². The van der Waals surface area contributed by atoms with Crippen molar-refractivity contribution in [1.29, 1.82) is 0 Å². The van der Waals surface area contributed by atoms with Crippen molar-refractivity contribution in [2.45, 2.75) is 20.0 Å². The van der Waals surface area contributed by atoms with Gasteiger partial charge in [0.2, 0.25) is 0 Å². The summed E-state index contributed by atoms with van der Waals surface area (Å²) in [7, 11) is 0. The van der Waals surface area contributed by atoms with Crippen LogP contribution in [0, 0.1) is 0 Å². The van der Waals surface area contributed by atoms with Gasteiger partial charge in [0.25, 0.3) is 5.91 Å². The summed E-state index contributed by atoms with van der Waals surface area (Å²) >= 11 is 0. The van der Waals surface area contributed by atoms with Crippen LogP contribution in [0.5, 0.6) is 0 Å². The zero-order chi connectivity index (χ0) is 20.1. The number of amides is 1. The molecule has 1 atom stereocenters. The number of anilines is 2. The van der Waals surface area contributed by atoms with E-state index in [1.165, 1.54) is 26.1 Å². The van der Waals surface area contributed by atoms with Crippen LogP contribution in [0.4, 0.5) is 11.4 Å². The topological polar surface area (TPSA) is 101 Å². The number of Topliss-reactive ketones (excluding diaryl/α,β-unsaturated/α-hetero) is 1. The van der Waals surface area contributed by atoms with Crippen LogP contribution in [-0.4, -0.2) is 55.1 Å². The molecule has 0 radical (unpaired) electrons. The van der Waals surface area contributed by atoms with Gasteiger partial charge < -0.3 is 24.7 Å². The third-order valence-electron chi connectivity index (χ3n) is 4.47. The normalized spacial score (nSPS) is 15.0. The van der Waals surface area contributed by atoms with Crippen LogP contribution in [0.1, 0.15) is 34.7 Å². The van der Waals surface area contributed by atoms with Crippen molar-refractivity contribution in [2.75, 3.05) is 36.5 Å². The molecule has 1 aliphatic heterocycles. The van der Waals surface area contributed by atoms with Crippen molar-refractivity contribution in [3.05, 3.63) is 47.8 Å². The molecule has 1 aliphatic rings. The molecule has 1 aromatic heterocycles. The van der Waals surface area contributed by atoms with Crippen LogP contribution in [0.15, 0.2) is 36.5 Å². The minimum absolute atomic E-state index is 0.125. The highest BCUT2D eigenvalue weighted by molar-refractivity contribution is 5.99. The van der Waals surface area contributed by atoms with Crippen LogP contribution in [0.3, 0.4) is 0 Å². The largest absolute Gasteiger partial charge is 0.448 e. The summed E-state index contributed by atoms with van der Waals surface area (Å²) in [5.74, 6) is -1.30. The van der Waals surface area contributed by atoms with Gasteiger partial charge in [0.05, 0.1) is 13.2 Å². The zero-order valence-corrected chi connectivity index (χ0v) is 15.9. The molecule has 28 heavy (non-hydrogen) atoms. The molecule has 2 heterocycles. The van der Waals surface area contributed by atoms with E-state index >= 15 is 0 Å². The highest BCUT2D eigenvalue weighted by Gasteiger charge is 2.21. The lowest BCUT2D eigenvalue weighted by atomic mass is 10.2. The molecule has 3 rings (SSSR count). The second-order valence-corrected chi connectivity index (χ2v) is 6.54. The maximum absolute atomic E-state index is 12.3. The van der Waals surface area contributed by atoms with E-state index in [0.717, 1.165) is 18.8 Å². The first-order valence-electron chi connectivity index (χ1n) is 9.08. The lowest BCUT2D eigenvalue weighted by Crippen LogP contribution is -2.36. The van der Waals surface area contributed by atoms with Gasteiger partial charge in [-0.25, -0.2) is 4.79 Å². The van der Waals surface area contributed by atoms with Crippen molar-refractivity contribution in [2.24, 2.45) is 0 Å². The highest BCUT2D eigenvalue weighted by atomic mass is 16.5. The molecule has 0 unspecified atom stereocenters. The quantitative estimate of drug-likeness (QED) is 0.584. The molecule has 148 valence electrons. The van der Waals surface area contributed by atoms with Crippen molar-refractivity contribution in [3.63, 3.8) is 0 Å². The van der Waals surface area contributed by atoms with Gasteiger partial charge in [-0.15, -0.1) is 0 Å².